The van der Waals surface area contributed by atoms with Crippen LogP contribution in [0.3, 0.4) is 0 Å². The zero-order chi connectivity index (χ0) is 12.7. The Morgan fingerprint density at radius 3 is 2.47 bits per heavy atom. The van der Waals surface area contributed by atoms with Crippen molar-refractivity contribution >= 4 is 11.8 Å². The fraction of sp³-hybridized carbons (Fsp3) is 0.636. The highest BCUT2D eigenvalue weighted by Gasteiger charge is 2.25. The number of aliphatic hydroxyl groups excluding tert-OH is 1. The predicted molar refractivity (Wildman–Crippen MR) is 63.3 cm³/mol. The normalized spacial score (nSPS) is 16.6. The van der Waals surface area contributed by atoms with E-state index in [2.05, 4.69) is 16.8 Å². The first-order valence-electron chi connectivity index (χ1n) is 5.70. The van der Waals surface area contributed by atoms with Crippen LogP contribution in [0.4, 0.5) is 0 Å². The highest BCUT2D eigenvalue weighted by atomic mass is 16.3. The topological polar surface area (TPSA) is 72.9 Å². The fourth-order valence-corrected chi connectivity index (χ4v) is 1.70. The summed E-state index contributed by atoms with van der Waals surface area (Å²) in [4.78, 5) is 26.7. The van der Waals surface area contributed by atoms with Crippen LogP contribution in [0.15, 0.2) is 12.7 Å². The van der Waals surface area contributed by atoms with E-state index in [1.807, 2.05) is 0 Å². The molecule has 1 rings (SSSR count). The van der Waals surface area contributed by atoms with Crippen LogP contribution in [0.25, 0.3) is 0 Å². The summed E-state index contributed by atoms with van der Waals surface area (Å²) < 4.78 is 0. The minimum absolute atomic E-state index is 0.119. The van der Waals surface area contributed by atoms with Crippen LogP contribution < -0.4 is 5.32 Å². The number of piperazine rings is 1. The molecule has 1 saturated heterocycles. The Morgan fingerprint density at radius 2 is 1.94 bits per heavy atom. The van der Waals surface area contributed by atoms with Crippen LogP contribution in [0.1, 0.15) is 0 Å². The molecule has 0 aromatic rings. The van der Waals surface area contributed by atoms with E-state index in [1.165, 1.54) is 11.0 Å². The third-order valence-electron chi connectivity index (χ3n) is 2.68. The average molecular weight is 241 g/mol. The van der Waals surface area contributed by atoms with Crippen molar-refractivity contribution in [1.82, 2.24) is 15.1 Å². The number of amides is 2. The molecule has 1 aliphatic heterocycles. The Labute approximate surface area is 101 Å². The summed E-state index contributed by atoms with van der Waals surface area (Å²) in [6, 6.07) is 0. The Morgan fingerprint density at radius 1 is 1.29 bits per heavy atom. The number of rotatable bonds is 4. The van der Waals surface area contributed by atoms with E-state index >= 15 is 0 Å². The summed E-state index contributed by atoms with van der Waals surface area (Å²) in [5.41, 5.74) is 0. The minimum Gasteiger partial charge on any atom is -0.395 e. The Bertz CT molecular complexity index is 286. The second-order valence-corrected chi connectivity index (χ2v) is 3.86. The summed E-state index contributed by atoms with van der Waals surface area (Å²) in [6.45, 7) is 6.95. The molecule has 1 aliphatic rings. The Hall–Kier alpha value is -1.40. The van der Waals surface area contributed by atoms with E-state index in [9.17, 15) is 9.59 Å². The van der Waals surface area contributed by atoms with Gasteiger partial charge in [0.25, 0.3) is 0 Å². The molecular weight excluding hydrogens is 222 g/mol. The number of carbonyl (C=O) groups excluding carboxylic acids is 2. The van der Waals surface area contributed by atoms with E-state index in [-0.39, 0.29) is 6.61 Å². The van der Waals surface area contributed by atoms with Crippen LogP contribution in [0.2, 0.25) is 0 Å². The molecule has 17 heavy (non-hydrogen) atoms. The molecule has 0 spiro atoms. The molecule has 1 fully saturated rings. The Balaban J connectivity index is 2.35. The largest absolute Gasteiger partial charge is 0.395 e. The van der Waals surface area contributed by atoms with Gasteiger partial charge in [-0.05, 0) is 0 Å². The van der Waals surface area contributed by atoms with Crippen molar-refractivity contribution in [3.8, 4) is 0 Å². The van der Waals surface area contributed by atoms with Crippen LogP contribution in [-0.4, -0.2) is 72.6 Å². The molecule has 0 bridgehead atoms. The summed E-state index contributed by atoms with van der Waals surface area (Å²) in [5.74, 6) is -1.07. The zero-order valence-electron chi connectivity index (χ0n) is 9.89. The van der Waals surface area contributed by atoms with E-state index in [0.717, 1.165) is 0 Å². The SMILES string of the molecule is C=CCNC(=O)C(=O)N1CCN(CCO)CC1. The van der Waals surface area contributed by atoms with E-state index in [1.54, 1.807) is 0 Å². The van der Waals surface area contributed by atoms with Gasteiger partial charge in [0, 0.05) is 39.3 Å². The van der Waals surface area contributed by atoms with Gasteiger partial charge in [-0.15, -0.1) is 6.58 Å². The van der Waals surface area contributed by atoms with Crippen LogP contribution in [0, 0.1) is 0 Å². The highest BCUT2D eigenvalue weighted by Crippen LogP contribution is 2.01. The first-order valence-corrected chi connectivity index (χ1v) is 5.70. The quantitative estimate of drug-likeness (QED) is 0.460. The standard InChI is InChI=1S/C11H19N3O3/c1-2-3-12-10(16)11(17)14-6-4-13(5-7-14)8-9-15/h2,15H,1,3-9H2,(H,12,16). The first kappa shape index (κ1) is 13.7. The smallest absolute Gasteiger partial charge is 0.311 e. The van der Waals surface area contributed by atoms with Crippen molar-refractivity contribution in [2.24, 2.45) is 0 Å². The fourth-order valence-electron chi connectivity index (χ4n) is 1.70. The lowest BCUT2D eigenvalue weighted by Crippen LogP contribution is -2.53. The van der Waals surface area contributed by atoms with Crippen molar-refractivity contribution in [2.45, 2.75) is 0 Å². The first-order chi connectivity index (χ1) is 8.19. The Kier molecular flexibility index (Phi) is 5.65. The maximum atomic E-state index is 11.7. The van der Waals surface area contributed by atoms with Crippen LogP contribution >= 0.6 is 0 Å². The lowest BCUT2D eigenvalue weighted by atomic mass is 10.3. The minimum atomic E-state index is -0.583. The number of hydrogen-bond acceptors (Lipinski definition) is 4. The van der Waals surface area contributed by atoms with Crippen molar-refractivity contribution in [1.29, 1.82) is 0 Å². The van der Waals surface area contributed by atoms with Crippen molar-refractivity contribution < 1.29 is 14.7 Å². The molecule has 0 aromatic carbocycles. The van der Waals surface area contributed by atoms with E-state index in [4.69, 9.17) is 5.11 Å². The molecule has 2 N–H and O–H groups in total. The van der Waals surface area contributed by atoms with Gasteiger partial charge in [0.05, 0.1) is 6.61 Å². The number of β-amino-alcohol motifs (C(OH)–C–C–N with tert-alkyl or cyclic N) is 1. The molecule has 0 saturated carbocycles. The third kappa shape index (κ3) is 4.16. The third-order valence-corrected chi connectivity index (χ3v) is 2.68. The van der Waals surface area contributed by atoms with Gasteiger partial charge in [0.2, 0.25) is 0 Å². The van der Waals surface area contributed by atoms with Gasteiger partial charge >= 0.3 is 11.8 Å². The number of hydrogen-bond donors (Lipinski definition) is 2. The van der Waals surface area contributed by atoms with Gasteiger partial charge in [0.15, 0.2) is 0 Å². The summed E-state index contributed by atoms with van der Waals surface area (Å²) in [6.07, 6.45) is 1.53. The summed E-state index contributed by atoms with van der Waals surface area (Å²) in [7, 11) is 0. The van der Waals surface area contributed by atoms with Crippen molar-refractivity contribution in [2.75, 3.05) is 45.9 Å². The molecule has 0 aromatic heterocycles. The summed E-state index contributed by atoms with van der Waals surface area (Å²) >= 11 is 0. The zero-order valence-corrected chi connectivity index (χ0v) is 9.89. The number of nitrogens with one attached hydrogen (secondary N) is 1. The lowest BCUT2D eigenvalue weighted by molar-refractivity contribution is -0.146. The van der Waals surface area contributed by atoms with Crippen molar-refractivity contribution in [3.05, 3.63) is 12.7 Å². The molecule has 0 radical (unpaired) electrons. The lowest BCUT2D eigenvalue weighted by Gasteiger charge is -2.33. The molecule has 0 unspecified atom stereocenters. The second kappa shape index (κ2) is 7.03. The average Bonchev–Trinajstić information content (AvgIpc) is 2.36. The van der Waals surface area contributed by atoms with Crippen molar-refractivity contribution in [3.63, 3.8) is 0 Å². The second-order valence-electron chi connectivity index (χ2n) is 3.86. The van der Waals surface area contributed by atoms with E-state index in [0.29, 0.717) is 39.3 Å². The molecule has 0 aliphatic carbocycles. The molecule has 96 valence electrons. The summed E-state index contributed by atoms with van der Waals surface area (Å²) in [5, 5.41) is 11.2. The monoisotopic (exact) mass is 241 g/mol. The van der Waals surface area contributed by atoms with Crippen LogP contribution in [-0.2, 0) is 9.59 Å². The molecule has 6 nitrogen and oxygen atoms in total. The van der Waals surface area contributed by atoms with Gasteiger partial charge in [-0.1, -0.05) is 6.08 Å². The number of carbonyl (C=O) groups is 2. The van der Waals surface area contributed by atoms with Gasteiger partial charge in [-0.2, -0.15) is 0 Å². The maximum absolute atomic E-state index is 11.7. The van der Waals surface area contributed by atoms with E-state index < -0.39 is 11.8 Å². The highest BCUT2D eigenvalue weighted by molar-refractivity contribution is 6.35. The van der Waals surface area contributed by atoms with Gasteiger partial charge < -0.3 is 15.3 Å². The predicted octanol–water partition coefficient (Wildman–Crippen LogP) is -1.57. The van der Waals surface area contributed by atoms with Gasteiger partial charge in [-0.25, -0.2) is 0 Å². The molecule has 2 amide bonds. The van der Waals surface area contributed by atoms with Gasteiger partial charge in [0.1, 0.15) is 0 Å². The number of nitrogens with zero attached hydrogens (tertiary/aromatic N) is 2. The molecule has 6 heteroatoms. The molecule has 0 atom stereocenters. The number of aliphatic hydroxyl groups is 1. The van der Waals surface area contributed by atoms with Gasteiger partial charge in [-0.3, -0.25) is 14.5 Å². The maximum Gasteiger partial charge on any atom is 0.311 e. The molecule has 1 heterocycles. The van der Waals surface area contributed by atoms with Crippen LogP contribution in [0.5, 0.6) is 0 Å². The molecular formula is C11H19N3O3.